The third-order valence-electron chi connectivity index (χ3n) is 5.78. The third kappa shape index (κ3) is 3.44. The summed E-state index contributed by atoms with van der Waals surface area (Å²) < 4.78 is 20.6. The van der Waals surface area contributed by atoms with Crippen molar-refractivity contribution >= 4 is 10.9 Å². The molecule has 3 aromatic carbocycles. The molecular weight excluding hydrogens is 405 g/mol. The minimum atomic E-state index is -1.22. The second-order valence-corrected chi connectivity index (χ2v) is 7.97. The van der Waals surface area contributed by atoms with Gasteiger partial charge in [-0.3, -0.25) is 0 Å². The van der Waals surface area contributed by atoms with E-state index in [2.05, 4.69) is 15.0 Å². The molecule has 0 amide bonds. The normalized spacial score (nSPS) is 13.2. The number of aryl methyl sites for hydroxylation is 1. The molecule has 0 saturated carbocycles. The molecule has 6 heteroatoms. The molecule has 1 unspecified atom stereocenters. The van der Waals surface area contributed by atoms with E-state index < -0.39 is 11.4 Å². The van der Waals surface area contributed by atoms with E-state index in [1.54, 1.807) is 31.5 Å². The first-order valence-corrected chi connectivity index (χ1v) is 10.3. The van der Waals surface area contributed by atoms with Gasteiger partial charge in [-0.05, 0) is 37.6 Å². The monoisotopic (exact) mass is 427 g/mol. The maximum Gasteiger partial charge on any atom is 0.168 e. The average molecular weight is 427 g/mol. The van der Waals surface area contributed by atoms with Crippen molar-refractivity contribution in [1.82, 2.24) is 15.0 Å². The lowest BCUT2D eigenvalue weighted by molar-refractivity contribution is 0.0979. The quantitative estimate of drug-likeness (QED) is 0.319. The molecule has 160 valence electrons. The van der Waals surface area contributed by atoms with Crippen molar-refractivity contribution in [3.63, 3.8) is 0 Å². The predicted molar refractivity (Wildman–Crippen MR) is 122 cm³/mol. The van der Waals surface area contributed by atoms with Crippen LogP contribution in [0.1, 0.15) is 23.7 Å². The number of imidazole rings is 1. The molecule has 0 radical (unpaired) electrons. The predicted octanol–water partition coefficient (Wildman–Crippen LogP) is 6.05. The molecular formula is C26H22FN3O2. The van der Waals surface area contributed by atoms with Gasteiger partial charge in [0.05, 0.1) is 11.9 Å². The highest BCUT2D eigenvalue weighted by Gasteiger charge is 2.27. The van der Waals surface area contributed by atoms with E-state index in [0.717, 1.165) is 27.6 Å². The number of fused-ring (bicyclic) bond motifs is 1. The number of nitrogens with one attached hydrogen (secondary N) is 2. The van der Waals surface area contributed by atoms with Crippen LogP contribution in [0.3, 0.4) is 0 Å². The molecule has 5 rings (SSSR count). The minimum Gasteiger partial charge on any atom is -0.454 e. The van der Waals surface area contributed by atoms with Crippen LogP contribution in [-0.2, 0) is 5.60 Å². The van der Waals surface area contributed by atoms with E-state index >= 15 is 0 Å². The van der Waals surface area contributed by atoms with Gasteiger partial charge in [-0.1, -0.05) is 42.5 Å². The number of hydrogen-bond acceptors (Lipinski definition) is 3. The van der Waals surface area contributed by atoms with E-state index in [4.69, 9.17) is 4.74 Å². The van der Waals surface area contributed by atoms with Gasteiger partial charge in [0.15, 0.2) is 11.6 Å². The number of ether oxygens (including phenoxy) is 1. The van der Waals surface area contributed by atoms with Crippen LogP contribution < -0.4 is 4.74 Å². The molecule has 0 bridgehead atoms. The summed E-state index contributed by atoms with van der Waals surface area (Å²) in [7, 11) is 0. The van der Waals surface area contributed by atoms with Gasteiger partial charge in [0.2, 0.25) is 0 Å². The number of aromatic nitrogens is 3. The summed E-state index contributed by atoms with van der Waals surface area (Å²) in [5.74, 6) is 0.843. The number of benzene rings is 3. The van der Waals surface area contributed by atoms with Crippen LogP contribution in [0.4, 0.5) is 4.39 Å². The van der Waals surface area contributed by atoms with Crippen molar-refractivity contribution in [2.45, 2.75) is 19.4 Å². The Morgan fingerprint density at radius 2 is 1.84 bits per heavy atom. The molecule has 0 saturated heterocycles. The van der Waals surface area contributed by atoms with Gasteiger partial charge >= 0.3 is 0 Å². The second kappa shape index (κ2) is 7.66. The zero-order chi connectivity index (χ0) is 22.3. The SMILES string of the molecule is Cc1c(Oc2cccc(-c3ncc(C(C)(O)c4ccccc4)[nH]3)c2)c(F)cc2[nH]ccc12. The topological polar surface area (TPSA) is 73.9 Å². The number of nitrogens with zero attached hydrogens (tertiary/aromatic N) is 1. The van der Waals surface area contributed by atoms with Crippen LogP contribution in [-0.4, -0.2) is 20.1 Å². The number of aromatic amines is 2. The zero-order valence-electron chi connectivity index (χ0n) is 17.7. The number of H-pyrrole nitrogens is 2. The molecule has 0 aliphatic carbocycles. The van der Waals surface area contributed by atoms with Crippen LogP contribution in [0, 0.1) is 12.7 Å². The lowest BCUT2D eigenvalue weighted by atomic mass is 9.93. The van der Waals surface area contributed by atoms with Crippen molar-refractivity contribution in [3.05, 3.63) is 102 Å². The maximum absolute atomic E-state index is 14.7. The van der Waals surface area contributed by atoms with E-state index in [1.165, 1.54) is 6.07 Å². The maximum atomic E-state index is 14.7. The smallest absolute Gasteiger partial charge is 0.168 e. The fourth-order valence-electron chi connectivity index (χ4n) is 3.91. The zero-order valence-corrected chi connectivity index (χ0v) is 17.7. The second-order valence-electron chi connectivity index (χ2n) is 7.97. The molecule has 1 atom stereocenters. The molecule has 32 heavy (non-hydrogen) atoms. The third-order valence-corrected chi connectivity index (χ3v) is 5.78. The summed E-state index contributed by atoms with van der Waals surface area (Å²) in [4.78, 5) is 10.7. The van der Waals surface area contributed by atoms with E-state index in [9.17, 15) is 9.50 Å². The van der Waals surface area contributed by atoms with Gasteiger partial charge in [0, 0.05) is 34.3 Å². The molecule has 0 spiro atoms. The Labute approximate surface area is 184 Å². The lowest BCUT2D eigenvalue weighted by Crippen LogP contribution is -2.23. The minimum absolute atomic E-state index is 0.196. The van der Waals surface area contributed by atoms with Gasteiger partial charge in [0.1, 0.15) is 17.2 Å². The average Bonchev–Trinajstić information content (AvgIpc) is 3.48. The summed E-state index contributed by atoms with van der Waals surface area (Å²) in [6.07, 6.45) is 3.40. The molecule has 3 N–H and O–H groups in total. The summed E-state index contributed by atoms with van der Waals surface area (Å²) in [5.41, 5.74) is 2.34. The number of aliphatic hydroxyl groups is 1. The van der Waals surface area contributed by atoms with Crippen LogP contribution in [0.15, 0.2) is 79.1 Å². The molecule has 5 nitrogen and oxygen atoms in total. The fraction of sp³-hybridized carbons (Fsp3) is 0.115. The largest absolute Gasteiger partial charge is 0.454 e. The molecule has 2 aromatic heterocycles. The Morgan fingerprint density at radius 1 is 1.03 bits per heavy atom. The van der Waals surface area contributed by atoms with E-state index in [0.29, 0.717) is 17.3 Å². The molecule has 0 aliphatic heterocycles. The first-order valence-electron chi connectivity index (χ1n) is 10.3. The highest BCUT2D eigenvalue weighted by Crippen LogP contribution is 2.35. The van der Waals surface area contributed by atoms with E-state index in [1.807, 2.05) is 55.5 Å². The Morgan fingerprint density at radius 3 is 2.66 bits per heavy atom. The summed E-state index contributed by atoms with van der Waals surface area (Å²) in [6.45, 7) is 3.56. The lowest BCUT2D eigenvalue weighted by Gasteiger charge is -2.22. The van der Waals surface area contributed by atoms with Crippen molar-refractivity contribution in [3.8, 4) is 22.9 Å². The summed E-state index contributed by atoms with van der Waals surface area (Å²) in [6, 6.07) is 20.0. The highest BCUT2D eigenvalue weighted by molar-refractivity contribution is 5.85. The molecule has 2 heterocycles. The summed E-state index contributed by atoms with van der Waals surface area (Å²) >= 11 is 0. The van der Waals surface area contributed by atoms with Gasteiger partial charge in [-0.25, -0.2) is 9.37 Å². The Kier molecular flexibility index (Phi) is 4.79. The number of halogens is 1. The number of rotatable bonds is 5. The van der Waals surface area contributed by atoms with Gasteiger partial charge in [0.25, 0.3) is 0 Å². The fourth-order valence-corrected chi connectivity index (χ4v) is 3.91. The standard InChI is InChI=1S/C26H22FN3O2/c1-16-20-11-12-28-22(20)14-21(27)24(16)32-19-10-6-7-17(13-19)25-29-15-23(30-25)26(2,31)18-8-4-3-5-9-18/h3-15,28,31H,1-2H3,(H,29,30). The van der Waals surface area contributed by atoms with Gasteiger partial charge in [-0.15, -0.1) is 0 Å². The Balaban J connectivity index is 1.46. The van der Waals surface area contributed by atoms with Crippen molar-refractivity contribution < 1.29 is 14.2 Å². The molecule has 0 aliphatic rings. The first kappa shape index (κ1) is 20.0. The van der Waals surface area contributed by atoms with Crippen molar-refractivity contribution in [2.75, 3.05) is 0 Å². The Hall–Kier alpha value is -3.90. The highest BCUT2D eigenvalue weighted by atomic mass is 19.1. The number of hydrogen-bond donors (Lipinski definition) is 3. The van der Waals surface area contributed by atoms with Gasteiger partial charge in [-0.2, -0.15) is 0 Å². The van der Waals surface area contributed by atoms with Gasteiger partial charge < -0.3 is 19.8 Å². The van der Waals surface area contributed by atoms with Crippen LogP contribution >= 0.6 is 0 Å². The van der Waals surface area contributed by atoms with Crippen LogP contribution in [0.2, 0.25) is 0 Å². The van der Waals surface area contributed by atoms with Crippen molar-refractivity contribution in [2.24, 2.45) is 0 Å². The Bertz CT molecular complexity index is 1400. The summed E-state index contributed by atoms with van der Waals surface area (Å²) in [5, 5.41) is 12.0. The van der Waals surface area contributed by atoms with Crippen LogP contribution in [0.5, 0.6) is 11.5 Å². The molecule has 5 aromatic rings. The van der Waals surface area contributed by atoms with Crippen molar-refractivity contribution in [1.29, 1.82) is 0 Å². The van der Waals surface area contributed by atoms with Crippen LogP contribution in [0.25, 0.3) is 22.3 Å². The van der Waals surface area contributed by atoms with E-state index in [-0.39, 0.29) is 5.75 Å². The first-order chi connectivity index (χ1) is 15.4. The molecule has 0 fully saturated rings.